The van der Waals surface area contributed by atoms with Crippen LogP contribution < -0.4 is 16.4 Å². The fourth-order valence-corrected chi connectivity index (χ4v) is 3.38. The lowest BCUT2D eigenvalue weighted by Crippen LogP contribution is -2.32. The maximum atomic E-state index is 13.3. The van der Waals surface area contributed by atoms with Crippen LogP contribution in [-0.2, 0) is 18.8 Å². The van der Waals surface area contributed by atoms with Crippen LogP contribution in [0.5, 0.6) is 0 Å². The molecule has 1 aliphatic rings. The summed E-state index contributed by atoms with van der Waals surface area (Å²) in [5.74, 6) is 0. The third-order valence-electron chi connectivity index (χ3n) is 4.40. The van der Waals surface area contributed by atoms with E-state index >= 15 is 0 Å². The summed E-state index contributed by atoms with van der Waals surface area (Å²) in [7, 11) is 0. The summed E-state index contributed by atoms with van der Waals surface area (Å²) in [6, 6.07) is 6.51. The standard InChI is InChI=1S/C18H13ClF6N4/c19-13-5-9(4-11(7-13)16-15(8-26)27-29-28-16)3-10-6-12(17(20,21)22)1-2-14(10)18(23,24)25/h1-2,4-7,15-16,27-29H,3H2. The Kier molecular flexibility index (Phi) is 5.78. The quantitative estimate of drug-likeness (QED) is 0.622. The van der Waals surface area contributed by atoms with Crippen molar-refractivity contribution in [3.05, 3.63) is 69.2 Å². The van der Waals surface area contributed by atoms with E-state index < -0.39 is 47.5 Å². The Balaban J connectivity index is 2.02. The largest absolute Gasteiger partial charge is 0.416 e. The van der Waals surface area contributed by atoms with Gasteiger partial charge in [-0.15, -0.1) is 0 Å². The lowest BCUT2D eigenvalue weighted by molar-refractivity contribution is -0.141. The number of nitrogens with zero attached hydrogens (tertiary/aromatic N) is 1. The van der Waals surface area contributed by atoms with Crippen LogP contribution in [-0.4, -0.2) is 6.04 Å². The van der Waals surface area contributed by atoms with Crippen molar-refractivity contribution in [1.82, 2.24) is 16.4 Å². The van der Waals surface area contributed by atoms with Gasteiger partial charge in [-0.1, -0.05) is 17.7 Å². The van der Waals surface area contributed by atoms with Gasteiger partial charge in [-0.25, -0.2) is 10.9 Å². The van der Waals surface area contributed by atoms with E-state index in [0.717, 1.165) is 0 Å². The normalized spacial score (nSPS) is 19.9. The van der Waals surface area contributed by atoms with Crippen molar-refractivity contribution in [1.29, 1.82) is 5.26 Å². The number of benzene rings is 2. The van der Waals surface area contributed by atoms with Crippen LogP contribution in [0.15, 0.2) is 36.4 Å². The van der Waals surface area contributed by atoms with Crippen LogP contribution in [0.3, 0.4) is 0 Å². The molecule has 3 N–H and O–H groups in total. The van der Waals surface area contributed by atoms with Gasteiger partial charge in [0.15, 0.2) is 0 Å². The highest BCUT2D eigenvalue weighted by Gasteiger charge is 2.37. The Morgan fingerprint density at radius 3 is 2.31 bits per heavy atom. The van der Waals surface area contributed by atoms with Gasteiger partial charge in [-0.2, -0.15) is 37.1 Å². The number of halogens is 7. The highest BCUT2D eigenvalue weighted by Crippen LogP contribution is 2.37. The summed E-state index contributed by atoms with van der Waals surface area (Å²) in [4.78, 5) is 0. The number of hydrogen-bond acceptors (Lipinski definition) is 4. The summed E-state index contributed by atoms with van der Waals surface area (Å²) in [5.41, 5.74) is 5.96. The fraction of sp³-hybridized carbons (Fsp3) is 0.278. The molecule has 2 aromatic rings. The predicted molar refractivity (Wildman–Crippen MR) is 92.3 cm³/mol. The smallest absolute Gasteiger partial charge is 0.234 e. The van der Waals surface area contributed by atoms with Crippen LogP contribution in [0.4, 0.5) is 26.3 Å². The van der Waals surface area contributed by atoms with Crippen LogP contribution in [0.1, 0.15) is 33.9 Å². The van der Waals surface area contributed by atoms with Crippen molar-refractivity contribution in [3.63, 3.8) is 0 Å². The van der Waals surface area contributed by atoms with Gasteiger partial charge >= 0.3 is 12.4 Å². The molecule has 1 saturated heterocycles. The van der Waals surface area contributed by atoms with Crippen LogP contribution in [0, 0.1) is 11.3 Å². The zero-order valence-corrected chi connectivity index (χ0v) is 15.2. The maximum absolute atomic E-state index is 13.3. The molecular formula is C18H13ClF6N4. The molecule has 3 rings (SSSR count). The Morgan fingerprint density at radius 2 is 1.69 bits per heavy atom. The van der Waals surface area contributed by atoms with Gasteiger partial charge < -0.3 is 0 Å². The summed E-state index contributed by atoms with van der Waals surface area (Å²) < 4.78 is 78.9. The molecule has 0 aromatic heterocycles. The number of alkyl halides is 6. The molecule has 2 atom stereocenters. The second-order valence-electron chi connectivity index (χ2n) is 6.44. The highest BCUT2D eigenvalue weighted by molar-refractivity contribution is 6.30. The van der Waals surface area contributed by atoms with Crippen LogP contribution in [0.2, 0.25) is 5.02 Å². The Hall–Kier alpha value is -2.32. The van der Waals surface area contributed by atoms with E-state index in [1.807, 2.05) is 6.07 Å². The highest BCUT2D eigenvalue weighted by atomic mass is 35.5. The zero-order chi connectivity index (χ0) is 21.4. The van der Waals surface area contributed by atoms with Crippen molar-refractivity contribution in [2.45, 2.75) is 30.9 Å². The minimum atomic E-state index is -4.81. The molecule has 0 bridgehead atoms. The van der Waals surface area contributed by atoms with E-state index in [4.69, 9.17) is 16.9 Å². The molecule has 2 unspecified atom stereocenters. The van der Waals surface area contributed by atoms with Gasteiger partial charge in [0.25, 0.3) is 0 Å². The summed E-state index contributed by atoms with van der Waals surface area (Å²) in [6.07, 6.45) is -10.0. The second-order valence-corrected chi connectivity index (χ2v) is 6.87. The lowest BCUT2D eigenvalue weighted by Gasteiger charge is -2.18. The van der Waals surface area contributed by atoms with Crippen molar-refractivity contribution in [2.75, 3.05) is 0 Å². The third-order valence-corrected chi connectivity index (χ3v) is 4.62. The van der Waals surface area contributed by atoms with Gasteiger partial charge in [-0.3, -0.25) is 0 Å². The first-order chi connectivity index (χ1) is 13.5. The van der Waals surface area contributed by atoms with E-state index in [2.05, 4.69) is 16.4 Å². The minimum Gasteiger partial charge on any atom is -0.234 e. The molecule has 4 nitrogen and oxygen atoms in total. The van der Waals surface area contributed by atoms with Gasteiger partial charge in [0.2, 0.25) is 0 Å². The van der Waals surface area contributed by atoms with Crippen molar-refractivity contribution < 1.29 is 26.3 Å². The van der Waals surface area contributed by atoms with Gasteiger partial charge in [0, 0.05) is 5.02 Å². The maximum Gasteiger partial charge on any atom is 0.416 e. The SMILES string of the molecule is N#CC1NNNC1c1cc(Cl)cc(Cc2cc(C(F)(F)F)ccc2C(F)(F)F)c1. The monoisotopic (exact) mass is 434 g/mol. The minimum absolute atomic E-state index is 0.184. The molecule has 0 aliphatic carbocycles. The Morgan fingerprint density at radius 1 is 0.966 bits per heavy atom. The van der Waals surface area contributed by atoms with E-state index in [1.54, 1.807) is 0 Å². The number of nitriles is 1. The van der Waals surface area contributed by atoms with E-state index in [-0.39, 0.29) is 10.6 Å². The average Bonchev–Trinajstić information content (AvgIpc) is 3.08. The molecule has 0 radical (unpaired) electrons. The fourth-order valence-electron chi connectivity index (χ4n) is 3.12. The first kappa shape index (κ1) is 21.4. The van der Waals surface area contributed by atoms with Gasteiger partial charge in [-0.05, 0) is 53.4 Å². The molecule has 0 amide bonds. The predicted octanol–water partition coefficient (Wildman–Crippen LogP) is 4.51. The summed E-state index contributed by atoms with van der Waals surface area (Å²) in [6.45, 7) is 0. The number of hydrazine groups is 2. The molecule has 11 heteroatoms. The Bertz CT molecular complexity index is 951. The van der Waals surface area contributed by atoms with E-state index in [0.29, 0.717) is 23.8 Å². The molecule has 0 spiro atoms. The second kappa shape index (κ2) is 7.84. The number of hydrogen-bond donors (Lipinski definition) is 3. The zero-order valence-electron chi connectivity index (χ0n) is 14.4. The molecule has 1 fully saturated rings. The van der Waals surface area contributed by atoms with E-state index in [1.165, 1.54) is 18.2 Å². The topological polar surface area (TPSA) is 59.9 Å². The third kappa shape index (κ3) is 4.82. The molecule has 0 saturated carbocycles. The first-order valence-electron chi connectivity index (χ1n) is 8.21. The van der Waals surface area contributed by atoms with E-state index in [9.17, 15) is 26.3 Å². The first-order valence-corrected chi connectivity index (χ1v) is 8.59. The summed E-state index contributed by atoms with van der Waals surface area (Å²) in [5, 5.41) is 9.33. The number of nitrogens with one attached hydrogen (secondary N) is 3. The van der Waals surface area contributed by atoms with Crippen molar-refractivity contribution in [3.8, 4) is 6.07 Å². The summed E-state index contributed by atoms with van der Waals surface area (Å²) >= 11 is 6.07. The van der Waals surface area contributed by atoms with Crippen LogP contribution >= 0.6 is 11.6 Å². The molecule has 1 heterocycles. The lowest BCUT2D eigenvalue weighted by atomic mass is 9.94. The van der Waals surface area contributed by atoms with Gasteiger partial charge in [0.1, 0.15) is 6.04 Å². The van der Waals surface area contributed by atoms with Crippen molar-refractivity contribution >= 4 is 11.6 Å². The Labute approximate surface area is 166 Å². The van der Waals surface area contributed by atoms with Crippen LogP contribution in [0.25, 0.3) is 0 Å². The van der Waals surface area contributed by atoms with Crippen molar-refractivity contribution in [2.24, 2.45) is 0 Å². The number of rotatable bonds is 3. The molecule has 2 aromatic carbocycles. The van der Waals surface area contributed by atoms with Gasteiger partial charge in [0.05, 0.1) is 23.2 Å². The molecule has 1 aliphatic heterocycles. The molecule has 154 valence electrons. The average molecular weight is 435 g/mol. The molecule has 29 heavy (non-hydrogen) atoms. The molecular weight excluding hydrogens is 422 g/mol.